The van der Waals surface area contributed by atoms with Crippen molar-refractivity contribution >= 4 is 56.3 Å². The molecular weight excluding hydrogens is 407 g/mol. The second-order valence-electron chi connectivity index (χ2n) is 7.57. The molecule has 7 heteroatoms. The van der Waals surface area contributed by atoms with Gasteiger partial charge in [-0.15, -0.1) is 0 Å². The summed E-state index contributed by atoms with van der Waals surface area (Å²) in [6.07, 6.45) is 3.41. The van der Waals surface area contributed by atoms with E-state index in [2.05, 4.69) is 5.43 Å². The van der Waals surface area contributed by atoms with Crippen molar-refractivity contribution < 1.29 is 4.79 Å². The minimum atomic E-state index is -0.169. The zero-order chi connectivity index (χ0) is 20.1. The molecule has 2 aromatic carbocycles. The van der Waals surface area contributed by atoms with Gasteiger partial charge in [-0.25, -0.2) is 9.52 Å². The van der Waals surface area contributed by atoms with Crippen LogP contribution in [0.25, 0.3) is 27.2 Å². The fraction of sp³-hybridized carbons (Fsp3) is 0.273. The number of fused-ring (bicyclic) bond motifs is 6. The number of hydrogen-bond donors (Lipinski definition) is 1. The summed E-state index contributed by atoms with van der Waals surface area (Å²) in [6, 6.07) is 11.5. The molecule has 4 aromatic rings. The molecule has 2 aromatic heterocycles. The molecule has 1 fully saturated rings. The lowest BCUT2D eigenvalue weighted by Crippen LogP contribution is -2.45. The number of carbonyl (C=O) groups is 1. The van der Waals surface area contributed by atoms with Crippen LogP contribution >= 0.6 is 23.2 Å². The number of aryl methyl sites for hydroxylation is 1. The Bertz CT molecular complexity index is 1270. The third-order valence-electron chi connectivity index (χ3n) is 5.67. The van der Waals surface area contributed by atoms with Gasteiger partial charge in [0.05, 0.1) is 11.0 Å². The van der Waals surface area contributed by atoms with Crippen LogP contribution in [-0.4, -0.2) is 33.6 Å². The molecule has 1 aliphatic rings. The van der Waals surface area contributed by atoms with Crippen molar-refractivity contribution in [1.82, 2.24) is 20.0 Å². The van der Waals surface area contributed by atoms with Gasteiger partial charge in [-0.05, 0) is 55.5 Å². The molecule has 0 saturated carbocycles. The fourth-order valence-electron chi connectivity index (χ4n) is 4.26. The van der Waals surface area contributed by atoms with Gasteiger partial charge in [-0.2, -0.15) is 5.10 Å². The number of amides is 1. The number of hydrogen-bond acceptors (Lipinski definition) is 3. The van der Waals surface area contributed by atoms with Gasteiger partial charge in [0.25, 0.3) is 5.91 Å². The first-order valence-corrected chi connectivity index (χ1v) is 10.5. The maximum Gasteiger partial charge on any atom is 0.286 e. The van der Waals surface area contributed by atoms with Gasteiger partial charge in [0.1, 0.15) is 0 Å². The Balaban J connectivity index is 1.74. The highest BCUT2D eigenvalue weighted by Crippen LogP contribution is 2.34. The van der Waals surface area contributed by atoms with Gasteiger partial charge in [-0.3, -0.25) is 10.2 Å². The number of hydrazine groups is 1. The Morgan fingerprint density at radius 1 is 0.966 bits per heavy atom. The SMILES string of the molecule is Cc1c(C(=O)NN2CCCCC2)nn2c3ccc(Cl)cc3c3cc(Cl)ccc3c12. The Labute approximate surface area is 178 Å². The Morgan fingerprint density at radius 2 is 1.66 bits per heavy atom. The molecule has 0 radical (unpaired) electrons. The number of carbonyl (C=O) groups excluding carboxylic acids is 1. The number of halogens is 2. The van der Waals surface area contributed by atoms with Crippen LogP contribution in [-0.2, 0) is 0 Å². The first-order valence-electron chi connectivity index (χ1n) is 9.79. The van der Waals surface area contributed by atoms with Crippen LogP contribution in [0.1, 0.15) is 35.3 Å². The molecule has 3 heterocycles. The zero-order valence-corrected chi connectivity index (χ0v) is 17.5. The lowest BCUT2D eigenvalue weighted by Gasteiger charge is -2.26. The van der Waals surface area contributed by atoms with E-state index in [1.54, 1.807) is 0 Å². The lowest BCUT2D eigenvalue weighted by molar-refractivity contribution is 0.0744. The molecule has 1 aliphatic heterocycles. The van der Waals surface area contributed by atoms with E-state index < -0.39 is 0 Å². The standard InChI is InChI=1S/C22H20Cl2N4O/c1-13-20(22(29)26-27-9-3-2-4-10-27)25-28-19-8-6-15(24)12-18(19)17-11-14(23)5-7-16(17)21(13)28/h5-8,11-12H,2-4,9-10H2,1H3,(H,26,29). The van der Waals surface area contributed by atoms with Crippen LogP contribution in [0, 0.1) is 6.92 Å². The van der Waals surface area contributed by atoms with E-state index in [0.29, 0.717) is 15.7 Å². The van der Waals surface area contributed by atoms with E-state index in [0.717, 1.165) is 58.7 Å². The predicted octanol–water partition coefficient (Wildman–Crippen LogP) is 5.39. The normalized spacial score (nSPS) is 15.4. The fourth-order valence-corrected chi connectivity index (χ4v) is 4.60. The average molecular weight is 427 g/mol. The van der Waals surface area contributed by atoms with Crippen LogP contribution in [0.15, 0.2) is 36.4 Å². The Morgan fingerprint density at radius 3 is 2.41 bits per heavy atom. The second-order valence-corrected chi connectivity index (χ2v) is 8.45. The highest BCUT2D eigenvalue weighted by Gasteiger charge is 2.22. The molecule has 1 N–H and O–H groups in total. The summed E-state index contributed by atoms with van der Waals surface area (Å²) in [7, 11) is 0. The Kier molecular flexibility index (Phi) is 4.62. The van der Waals surface area contributed by atoms with E-state index in [-0.39, 0.29) is 5.91 Å². The van der Waals surface area contributed by atoms with Crippen LogP contribution in [0.2, 0.25) is 10.0 Å². The molecule has 1 amide bonds. The number of benzene rings is 2. The topological polar surface area (TPSA) is 49.6 Å². The maximum atomic E-state index is 13.0. The van der Waals surface area contributed by atoms with Gasteiger partial charge >= 0.3 is 0 Å². The minimum absolute atomic E-state index is 0.169. The largest absolute Gasteiger partial charge is 0.286 e. The molecule has 0 unspecified atom stereocenters. The van der Waals surface area contributed by atoms with Gasteiger partial charge in [-0.1, -0.05) is 35.7 Å². The van der Waals surface area contributed by atoms with E-state index in [1.807, 2.05) is 52.8 Å². The number of pyridine rings is 1. The Hall–Kier alpha value is -2.34. The molecule has 0 bridgehead atoms. The van der Waals surface area contributed by atoms with Crippen LogP contribution in [0.5, 0.6) is 0 Å². The number of piperidine rings is 1. The molecule has 5 nitrogen and oxygen atoms in total. The summed E-state index contributed by atoms with van der Waals surface area (Å²) in [5, 5.41) is 10.9. The number of aromatic nitrogens is 2. The molecule has 1 saturated heterocycles. The van der Waals surface area contributed by atoms with Crippen molar-refractivity contribution in [3.63, 3.8) is 0 Å². The van der Waals surface area contributed by atoms with E-state index in [9.17, 15) is 4.79 Å². The highest BCUT2D eigenvalue weighted by molar-refractivity contribution is 6.33. The summed E-state index contributed by atoms with van der Waals surface area (Å²) in [4.78, 5) is 13.0. The number of nitrogens with zero attached hydrogens (tertiary/aromatic N) is 3. The predicted molar refractivity (Wildman–Crippen MR) is 118 cm³/mol. The monoisotopic (exact) mass is 426 g/mol. The van der Waals surface area contributed by atoms with Crippen LogP contribution < -0.4 is 5.43 Å². The van der Waals surface area contributed by atoms with Crippen molar-refractivity contribution in [1.29, 1.82) is 0 Å². The quantitative estimate of drug-likeness (QED) is 0.437. The van der Waals surface area contributed by atoms with E-state index >= 15 is 0 Å². The molecule has 0 atom stereocenters. The van der Waals surface area contributed by atoms with Crippen molar-refractivity contribution in [2.45, 2.75) is 26.2 Å². The van der Waals surface area contributed by atoms with Crippen molar-refractivity contribution in [3.05, 3.63) is 57.7 Å². The first kappa shape index (κ1) is 18.7. The second kappa shape index (κ2) is 7.17. The van der Waals surface area contributed by atoms with Crippen LogP contribution in [0.4, 0.5) is 0 Å². The van der Waals surface area contributed by atoms with E-state index in [1.165, 1.54) is 6.42 Å². The summed E-state index contributed by atoms with van der Waals surface area (Å²) in [5.74, 6) is -0.169. The van der Waals surface area contributed by atoms with Crippen molar-refractivity contribution in [2.75, 3.05) is 13.1 Å². The lowest BCUT2D eigenvalue weighted by atomic mass is 10.0. The smallest absolute Gasteiger partial charge is 0.283 e. The molecular formula is C22H20Cl2N4O. The van der Waals surface area contributed by atoms with Crippen molar-refractivity contribution in [2.24, 2.45) is 0 Å². The summed E-state index contributed by atoms with van der Waals surface area (Å²) >= 11 is 12.6. The average Bonchev–Trinajstić information content (AvgIpc) is 3.06. The van der Waals surface area contributed by atoms with Crippen LogP contribution in [0.3, 0.4) is 0 Å². The number of rotatable bonds is 2. The molecule has 0 aliphatic carbocycles. The van der Waals surface area contributed by atoms with Gasteiger partial charge in [0.15, 0.2) is 5.69 Å². The molecule has 5 rings (SSSR count). The third kappa shape index (κ3) is 3.14. The van der Waals surface area contributed by atoms with Gasteiger partial charge in [0, 0.05) is 39.5 Å². The summed E-state index contributed by atoms with van der Waals surface area (Å²) < 4.78 is 1.85. The van der Waals surface area contributed by atoms with E-state index in [4.69, 9.17) is 28.3 Å². The summed E-state index contributed by atoms with van der Waals surface area (Å²) in [5.41, 5.74) is 6.12. The highest BCUT2D eigenvalue weighted by atomic mass is 35.5. The molecule has 0 spiro atoms. The minimum Gasteiger partial charge on any atom is -0.283 e. The number of nitrogens with one attached hydrogen (secondary N) is 1. The summed E-state index contributed by atoms with van der Waals surface area (Å²) in [6.45, 7) is 3.70. The first-order chi connectivity index (χ1) is 14.0. The van der Waals surface area contributed by atoms with Gasteiger partial charge in [0.2, 0.25) is 0 Å². The maximum absolute atomic E-state index is 13.0. The van der Waals surface area contributed by atoms with Gasteiger partial charge < -0.3 is 0 Å². The molecule has 148 valence electrons. The third-order valence-corrected chi connectivity index (χ3v) is 6.14. The zero-order valence-electron chi connectivity index (χ0n) is 16.0. The van der Waals surface area contributed by atoms with Crippen molar-refractivity contribution in [3.8, 4) is 0 Å². The molecule has 29 heavy (non-hydrogen) atoms.